The Balaban J connectivity index is 1.69. The van der Waals surface area contributed by atoms with E-state index >= 15 is 0 Å². The Kier molecular flexibility index (Phi) is 4.82. The smallest absolute Gasteiger partial charge is 0.240 e. The summed E-state index contributed by atoms with van der Waals surface area (Å²) in [6.07, 6.45) is 6.74. The quantitative estimate of drug-likeness (QED) is 0.838. The summed E-state index contributed by atoms with van der Waals surface area (Å²) < 4.78 is 5.48. The average Bonchev–Trinajstić information content (AvgIpc) is 2.94. The lowest BCUT2D eigenvalue weighted by molar-refractivity contribution is -0.140. The van der Waals surface area contributed by atoms with Gasteiger partial charge in [0.2, 0.25) is 5.91 Å². The molecule has 0 radical (unpaired) electrons. The Morgan fingerprint density at radius 3 is 2.48 bits per heavy atom. The van der Waals surface area contributed by atoms with E-state index in [1.807, 2.05) is 0 Å². The predicted octanol–water partition coefficient (Wildman–Crippen LogP) is 0.842. The van der Waals surface area contributed by atoms with E-state index < -0.39 is 0 Å². The lowest BCUT2D eigenvalue weighted by Crippen LogP contribution is -2.63. The number of likely N-dealkylation sites (tertiary alicyclic amines) is 1. The molecule has 0 aromatic heterocycles. The molecule has 2 aliphatic heterocycles. The van der Waals surface area contributed by atoms with Crippen molar-refractivity contribution in [3.05, 3.63) is 0 Å². The first kappa shape index (κ1) is 15.3. The molecule has 1 amide bonds. The Morgan fingerprint density at radius 1 is 1.14 bits per heavy atom. The molecule has 1 saturated carbocycles. The highest BCUT2D eigenvalue weighted by molar-refractivity contribution is 5.86. The SMILES string of the molecule is CN1CC[C@H](NC(=O)C2(N3CCOCC3)CCCCC2)C1. The summed E-state index contributed by atoms with van der Waals surface area (Å²) in [5.41, 5.74) is -0.261. The molecule has 5 heteroatoms. The molecular formula is C16H29N3O2. The number of carbonyl (C=O) groups is 1. The second-order valence-electron chi connectivity index (χ2n) is 6.91. The molecule has 3 rings (SSSR count). The van der Waals surface area contributed by atoms with E-state index in [2.05, 4.69) is 22.2 Å². The second kappa shape index (κ2) is 6.63. The molecule has 2 saturated heterocycles. The van der Waals surface area contributed by atoms with Crippen LogP contribution in [0, 0.1) is 0 Å². The molecule has 3 fully saturated rings. The van der Waals surface area contributed by atoms with E-state index in [0.717, 1.165) is 58.7 Å². The molecule has 120 valence electrons. The van der Waals surface area contributed by atoms with Gasteiger partial charge in [-0.15, -0.1) is 0 Å². The van der Waals surface area contributed by atoms with E-state index in [4.69, 9.17) is 4.74 Å². The number of carbonyl (C=O) groups excluding carboxylic acids is 1. The molecule has 0 unspecified atom stereocenters. The van der Waals surface area contributed by atoms with Crippen molar-refractivity contribution in [2.45, 2.75) is 50.1 Å². The van der Waals surface area contributed by atoms with Crippen molar-refractivity contribution < 1.29 is 9.53 Å². The lowest BCUT2D eigenvalue weighted by Gasteiger charge is -2.47. The van der Waals surface area contributed by atoms with Gasteiger partial charge in [0.25, 0.3) is 0 Å². The summed E-state index contributed by atoms with van der Waals surface area (Å²) >= 11 is 0. The van der Waals surface area contributed by atoms with Gasteiger partial charge in [-0.3, -0.25) is 9.69 Å². The Morgan fingerprint density at radius 2 is 1.86 bits per heavy atom. The van der Waals surface area contributed by atoms with Crippen LogP contribution in [0.3, 0.4) is 0 Å². The fourth-order valence-electron chi connectivity index (χ4n) is 4.19. The van der Waals surface area contributed by atoms with Gasteiger partial charge in [0.05, 0.1) is 13.2 Å². The van der Waals surface area contributed by atoms with Gasteiger partial charge in [-0.05, 0) is 32.9 Å². The van der Waals surface area contributed by atoms with Gasteiger partial charge in [0.1, 0.15) is 5.54 Å². The third kappa shape index (κ3) is 3.25. The molecule has 1 atom stereocenters. The number of morpholine rings is 1. The van der Waals surface area contributed by atoms with Crippen molar-refractivity contribution in [3.8, 4) is 0 Å². The van der Waals surface area contributed by atoms with E-state index in [1.165, 1.54) is 19.3 Å². The fraction of sp³-hybridized carbons (Fsp3) is 0.938. The second-order valence-corrected chi connectivity index (χ2v) is 6.91. The van der Waals surface area contributed by atoms with Gasteiger partial charge in [-0.25, -0.2) is 0 Å². The van der Waals surface area contributed by atoms with Crippen LogP contribution in [0.2, 0.25) is 0 Å². The zero-order valence-electron chi connectivity index (χ0n) is 13.3. The molecule has 0 aromatic carbocycles. The summed E-state index contributed by atoms with van der Waals surface area (Å²) in [6, 6.07) is 0.336. The number of ether oxygens (including phenoxy) is 1. The number of hydrogen-bond acceptors (Lipinski definition) is 4. The van der Waals surface area contributed by atoms with E-state index in [-0.39, 0.29) is 11.4 Å². The molecule has 0 spiro atoms. The maximum absolute atomic E-state index is 13.1. The van der Waals surface area contributed by atoms with Crippen LogP contribution in [0.5, 0.6) is 0 Å². The molecule has 0 bridgehead atoms. The number of nitrogens with zero attached hydrogens (tertiary/aromatic N) is 2. The van der Waals surface area contributed by atoms with Crippen molar-refractivity contribution in [2.24, 2.45) is 0 Å². The Labute approximate surface area is 128 Å². The van der Waals surface area contributed by atoms with Crippen molar-refractivity contribution in [2.75, 3.05) is 46.4 Å². The molecule has 1 aliphatic carbocycles. The van der Waals surface area contributed by atoms with Gasteiger partial charge in [-0.2, -0.15) is 0 Å². The van der Waals surface area contributed by atoms with Crippen molar-refractivity contribution >= 4 is 5.91 Å². The molecule has 5 nitrogen and oxygen atoms in total. The number of hydrogen-bond donors (Lipinski definition) is 1. The largest absolute Gasteiger partial charge is 0.379 e. The third-order valence-corrected chi connectivity index (χ3v) is 5.45. The van der Waals surface area contributed by atoms with Crippen molar-refractivity contribution in [1.29, 1.82) is 0 Å². The highest BCUT2D eigenvalue weighted by Crippen LogP contribution is 2.35. The van der Waals surface area contributed by atoms with Gasteiger partial charge in [0.15, 0.2) is 0 Å². The third-order valence-electron chi connectivity index (χ3n) is 5.45. The summed E-state index contributed by atoms with van der Waals surface area (Å²) in [5, 5.41) is 3.35. The van der Waals surface area contributed by atoms with Crippen LogP contribution in [0.1, 0.15) is 38.5 Å². The summed E-state index contributed by atoms with van der Waals surface area (Å²) in [7, 11) is 2.13. The molecule has 21 heavy (non-hydrogen) atoms. The maximum Gasteiger partial charge on any atom is 0.240 e. The molecule has 3 aliphatic rings. The average molecular weight is 295 g/mol. The van der Waals surface area contributed by atoms with Gasteiger partial charge >= 0.3 is 0 Å². The Bertz CT molecular complexity index is 363. The van der Waals surface area contributed by atoms with Crippen LogP contribution < -0.4 is 5.32 Å². The van der Waals surface area contributed by atoms with Crippen LogP contribution in [-0.4, -0.2) is 73.7 Å². The molecule has 1 N–H and O–H groups in total. The first-order chi connectivity index (χ1) is 10.2. The normalized spacial score (nSPS) is 31.2. The predicted molar refractivity (Wildman–Crippen MR) is 82.3 cm³/mol. The zero-order chi connectivity index (χ0) is 14.7. The molecule has 2 heterocycles. The van der Waals surface area contributed by atoms with Gasteiger partial charge in [0, 0.05) is 25.7 Å². The first-order valence-electron chi connectivity index (χ1n) is 8.53. The minimum absolute atomic E-state index is 0.261. The van der Waals surface area contributed by atoms with Crippen LogP contribution in [0.25, 0.3) is 0 Å². The van der Waals surface area contributed by atoms with E-state index in [0.29, 0.717) is 6.04 Å². The van der Waals surface area contributed by atoms with Crippen molar-refractivity contribution in [3.63, 3.8) is 0 Å². The maximum atomic E-state index is 13.1. The van der Waals surface area contributed by atoms with Gasteiger partial charge < -0.3 is 15.0 Å². The van der Waals surface area contributed by atoms with Crippen LogP contribution in [0.4, 0.5) is 0 Å². The van der Waals surface area contributed by atoms with Crippen LogP contribution >= 0.6 is 0 Å². The highest BCUT2D eigenvalue weighted by Gasteiger charge is 2.45. The topological polar surface area (TPSA) is 44.8 Å². The fourth-order valence-corrected chi connectivity index (χ4v) is 4.19. The van der Waals surface area contributed by atoms with Crippen molar-refractivity contribution in [1.82, 2.24) is 15.1 Å². The number of amides is 1. The zero-order valence-corrected chi connectivity index (χ0v) is 13.3. The molecule has 0 aromatic rings. The standard InChI is InChI=1S/C16H29N3O2/c1-18-8-5-14(13-18)17-15(20)16(6-3-2-4-7-16)19-9-11-21-12-10-19/h14H,2-13H2,1H3,(H,17,20)/t14-/m0/s1. The summed E-state index contributed by atoms with van der Waals surface area (Å²) in [4.78, 5) is 17.8. The summed E-state index contributed by atoms with van der Waals surface area (Å²) in [5.74, 6) is 0.282. The Hall–Kier alpha value is -0.650. The van der Waals surface area contributed by atoms with E-state index in [1.54, 1.807) is 0 Å². The monoisotopic (exact) mass is 295 g/mol. The summed E-state index contributed by atoms with van der Waals surface area (Å²) in [6.45, 7) is 5.42. The number of nitrogens with one attached hydrogen (secondary N) is 1. The minimum atomic E-state index is -0.261. The minimum Gasteiger partial charge on any atom is -0.379 e. The van der Waals surface area contributed by atoms with E-state index in [9.17, 15) is 4.79 Å². The lowest BCUT2D eigenvalue weighted by atomic mass is 9.79. The van der Waals surface area contributed by atoms with Crippen LogP contribution in [-0.2, 0) is 9.53 Å². The van der Waals surface area contributed by atoms with Gasteiger partial charge in [-0.1, -0.05) is 19.3 Å². The first-order valence-corrected chi connectivity index (χ1v) is 8.53. The highest BCUT2D eigenvalue weighted by atomic mass is 16.5. The molecular weight excluding hydrogens is 266 g/mol. The number of rotatable bonds is 3. The van der Waals surface area contributed by atoms with Crippen LogP contribution in [0.15, 0.2) is 0 Å². The number of likely N-dealkylation sites (N-methyl/N-ethyl adjacent to an activating group) is 1.